The molecule has 2 rings (SSSR count). The zero-order valence-corrected chi connectivity index (χ0v) is 5.50. The van der Waals surface area contributed by atoms with Crippen molar-refractivity contribution in [1.82, 2.24) is 15.0 Å². The molecule has 0 bridgehead atoms. The molecule has 2 aromatic heterocycles. The van der Waals surface area contributed by atoms with Crippen LogP contribution in [0.4, 0.5) is 10.2 Å². The van der Waals surface area contributed by atoms with Crippen LogP contribution in [0.2, 0.25) is 0 Å². The van der Waals surface area contributed by atoms with E-state index in [-0.39, 0.29) is 5.82 Å². The lowest BCUT2D eigenvalue weighted by Gasteiger charge is -1.92. The van der Waals surface area contributed by atoms with Gasteiger partial charge in [0.15, 0.2) is 5.82 Å². The number of hydrogen-bond acceptors (Lipinski definition) is 3. The molecule has 0 aliphatic rings. The summed E-state index contributed by atoms with van der Waals surface area (Å²) in [6, 6.07) is 1.25. The fraction of sp³-hybridized carbons (Fsp3) is 0. The standard InChI is InChI=1S/C6H5FN4/c7-4-1-3-5(6(8)11-4)10-2-9-3/h1-2H,(H2,8,11)(H,9,10). The van der Waals surface area contributed by atoms with Crippen LogP contribution < -0.4 is 5.73 Å². The number of nitrogens with zero attached hydrogens (tertiary/aromatic N) is 2. The van der Waals surface area contributed by atoms with Gasteiger partial charge in [-0.05, 0) is 0 Å². The van der Waals surface area contributed by atoms with Crippen LogP contribution in [0.3, 0.4) is 0 Å². The Morgan fingerprint density at radius 2 is 2.36 bits per heavy atom. The maximum Gasteiger partial charge on any atom is 0.217 e. The molecule has 0 aliphatic heterocycles. The van der Waals surface area contributed by atoms with E-state index in [0.717, 1.165) is 0 Å². The molecule has 0 spiro atoms. The number of rotatable bonds is 0. The minimum absolute atomic E-state index is 0.112. The molecule has 0 aliphatic carbocycles. The van der Waals surface area contributed by atoms with Crippen molar-refractivity contribution < 1.29 is 4.39 Å². The molecule has 3 N–H and O–H groups in total. The minimum Gasteiger partial charge on any atom is -0.382 e. The van der Waals surface area contributed by atoms with E-state index in [9.17, 15) is 4.39 Å². The van der Waals surface area contributed by atoms with Gasteiger partial charge < -0.3 is 10.7 Å². The van der Waals surface area contributed by atoms with E-state index < -0.39 is 5.95 Å². The molecule has 0 fully saturated rings. The number of imidazole rings is 1. The number of nitrogens with one attached hydrogen (secondary N) is 1. The smallest absolute Gasteiger partial charge is 0.217 e. The molecule has 2 heterocycles. The number of halogens is 1. The monoisotopic (exact) mass is 152 g/mol. The van der Waals surface area contributed by atoms with E-state index >= 15 is 0 Å². The van der Waals surface area contributed by atoms with Gasteiger partial charge >= 0.3 is 0 Å². The highest BCUT2D eigenvalue weighted by Crippen LogP contribution is 2.14. The summed E-state index contributed by atoms with van der Waals surface area (Å²) in [7, 11) is 0. The molecule has 0 saturated carbocycles. The molecule has 0 saturated heterocycles. The molecular weight excluding hydrogens is 147 g/mol. The molecule has 4 nitrogen and oxygen atoms in total. The lowest BCUT2D eigenvalue weighted by Crippen LogP contribution is -1.93. The number of nitrogen functional groups attached to an aromatic ring is 1. The second-order valence-corrected chi connectivity index (χ2v) is 2.13. The first-order valence-electron chi connectivity index (χ1n) is 3.02. The zero-order valence-electron chi connectivity index (χ0n) is 5.50. The normalized spacial score (nSPS) is 10.6. The first kappa shape index (κ1) is 6.09. The zero-order chi connectivity index (χ0) is 7.84. The van der Waals surface area contributed by atoms with Crippen molar-refractivity contribution >= 4 is 16.9 Å². The number of pyridine rings is 1. The lowest BCUT2D eigenvalue weighted by molar-refractivity contribution is 0.588. The predicted octanol–water partition coefficient (Wildman–Crippen LogP) is 0.679. The summed E-state index contributed by atoms with van der Waals surface area (Å²) in [4.78, 5) is 9.98. The molecule has 0 aromatic carbocycles. The highest BCUT2D eigenvalue weighted by Gasteiger charge is 2.03. The van der Waals surface area contributed by atoms with Crippen molar-refractivity contribution in [3.05, 3.63) is 18.3 Å². The number of anilines is 1. The highest BCUT2D eigenvalue weighted by atomic mass is 19.1. The molecule has 0 atom stereocenters. The summed E-state index contributed by atoms with van der Waals surface area (Å²) in [5.74, 6) is -0.486. The van der Waals surface area contributed by atoms with E-state index in [2.05, 4.69) is 15.0 Å². The van der Waals surface area contributed by atoms with Crippen molar-refractivity contribution in [3.63, 3.8) is 0 Å². The number of H-pyrrole nitrogens is 1. The Labute approximate surface area is 61.3 Å². The Morgan fingerprint density at radius 1 is 1.55 bits per heavy atom. The van der Waals surface area contributed by atoms with E-state index in [0.29, 0.717) is 11.0 Å². The third-order valence-electron chi connectivity index (χ3n) is 1.40. The van der Waals surface area contributed by atoms with E-state index in [1.165, 1.54) is 12.4 Å². The molecule has 5 heteroatoms. The Hall–Kier alpha value is -1.65. The van der Waals surface area contributed by atoms with Crippen molar-refractivity contribution in [2.45, 2.75) is 0 Å². The van der Waals surface area contributed by atoms with Crippen LogP contribution in [0.15, 0.2) is 12.4 Å². The summed E-state index contributed by atoms with van der Waals surface area (Å²) < 4.78 is 12.5. The summed E-state index contributed by atoms with van der Waals surface area (Å²) in [5, 5.41) is 0. The van der Waals surface area contributed by atoms with Crippen LogP contribution in [0.1, 0.15) is 0 Å². The number of aromatic amines is 1. The Balaban J connectivity index is 2.91. The fourth-order valence-corrected chi connectivity index (χ4v) is 0.938. The molecule has 11 heavy (non-hydrogen) atoms. The van der Waals surface area contributed by atoms with Gasteiger partial charge in [-0.15, -0.1) is 0 Å². The number of nitrogens with two attached hydrogens (primary N) is 1. The van der Waals surface area contributed by atoms with Gasteiger partial charge in [0.2, 0.25) is 5.95 Å². The molecule has 0 radical (unpaired) electrons. The SMILES string of the molecule is Nc1nc(F)cc2[nH]cnc12. The Morgan fingerprint density at radius 3 is 3.18 bits per heavy atom. The second-order valence-electron chi connectivity index (χ2n) is 2.13. The number of fused-ring (bicyclic) bond motifs is 1. The first-order valence-corrected chi connectivity index (χ1v) is 3.02. The summed E-state index contributed by atoms with van der Waals surface area (Å²) >= 11 is 0. The first-order chi connectivity index (χ1) is 5.27. The molecule has 0 unspecified atom stereocenters. The van der Waals surface area contributed by atoms with E-state index in [1.807, 2.05) is 0 Å². The lowest BCUT2D eigenvalue weighted by atomic mass is 10.4. The molecular formula is C6H5FN4. The van der Waals surface area contributed by atoms with Crippen LogP contribution in [-0.2, 0) is 0 Å². The van der Waals surface area contributed by atoms with Gasteiger partial charge in [-0.1, -0.05) is 0 Å². The van der Waals surface area contributed by atoms with Gasteiger partial charge in [-0.2, -0.15) is 4.39 Å². The van der Waals surface area contributed by atoms with Gasteiger partial charge in [0.05, 0.1) is 11.8 Å². The quantitative estimate of drug-likeness (QED) is 0.545. The summed E-state index contributed by atoms with van der Waals surface area (Å²) in [6.07, 6.45) is 1.45. The van der Waals surface area contributed by atoms with Crippen LogP contribution in [-0.4, -0.2) is 15.0 Å². The average molecular weight is 152 g/mol. The second kappa shape index (κ2) is 1.91. The van der Waals surface area contributed by atoms with Gasteiger partial charge in [0.1, 0.15) is 5.52 Å². The predicted molar refractivity (Wildman–Crippen MR) is 38.3 cm³/mol. The highest BCUT2D eigenvalue weighted by molar-refractivity contribution is 5.83. The fourth-order valence-electron chi connectivity index (χ4n) is 0.938. The van der Waals surface area contributed by atoms with Gasteiger partial charge in [0.25, 0.3) is 0 Å². The van der Waals surface area contributed by atoms with Crippen LogP contribution >= 0.6 is 0 Å². The van der Waals surface area contributed by atoms with E-state index in [4.69, 9.17) is 5.73 Å². The number of hydrogen-bond donors (Lipinski definition) is 2. The molecule has 2 aromatic rings. The molecule has 0 amide bonds. The van der Waals surface area contributed by atoms with Crippen molar-refractivity contribution in [2.24, 2.45) is 0 Å². The largest absolute Gasteiger partial charge is 0.382 e. The maximum atomic E-state index is 12.5. The molecule has 56 valence electrons. The third-order valence-corrected chi connectivity index (χ3v) is 1.40. The van der Waals surface area contributed by atoms with Crippen LogP contribution in [0.5, 0.6) is 0 Å². The van der Waals surface area contributed by atoms with Crippen LogP contribution in [0, 0.1) is 5.95 Å². The van der Waals surface area contributed by atoms with Crippen LogP contribution in [0.25, 0.3) is 11.0 Å². The summed E-state index contributed by atoms with van der Waals surface area (Å²) in [6.45, 7) is 0. The van der Waals surface area contributed by atoms with Crippen molar-refractivity contribution in [2.75, 3.05) is 5.73 Å². The maximum absolute atomic E-state index is 12.5. The van der Waals surface area contributed by atoms with Gasteiger partial charge in [-0.3, -0.25) is 0 Å². The third kappa shape index (κ3) is 0.813. The minimum atomic E-state index is -0.598. The Bertz CT molecular complexity index is 394. The number of aromatic nitrogens is 3. The Kier molecular flexibility index (Phi) is 1.06. The van der Waals surface area contributed by atoms with E-state index in [1.54, 1.807) is 0 Å². The topological polar surface area (TPSA) is 67.6 Å². The van der Waals surface area contributed by atoms with Crippen molar-refractivity contribution in [3.8, 4) is 0 Å². The van der Waals surface area contributed by atoms with Gasteiger partial charge in [0, 0.05) is 6.07 Å². The van der Waals surface area contributed by atoms with Crippen molar-refractivity contribution in [1.29, 1.82) is 0 Å². The summed E-state index contributed by atoms with van der Waals surface area (Å²) in [5.41, 5.74) is 6.44. The van der Waals surface area contributed by atoms with Gasteiger partial charge in [-0.25, -0.2) is 9.97 Å². The average Bonchev–Trinajstić information content (AvgIpc) is 2.34.